The highest BCUT2D eigenvalue weighted by molar-refractivity contribution is 7.10. The van der Waals surface area contributed by atoms with E-state index in [0.29, 0.717) is 0 Å². The molecule has 2 N–H and O–H groups in total. The van der Waals surface area contributed by atoms with Crippen molar-refractivity contribution in [3.63, 3.8) is 0 Å². The first-order chi connectivity index (χ1) is 8.44. The molecule has 0 bridgehead atoms. The summed E-state index contributed by atoms with van der Waals surface area (Å²) in [5.41, 5.74) is 10.7. The van der Waals surface area contributed by atoms with E-state index >= 15 is 0 Å². The number of aryl methyl sites for hydroxylation is 2. The largest absolute Gasteiger partial charge is 0.320 e. The van der Waals surface area contributed by atoms with Crippen LogP contribution in [-0.2, 0) is 5.54 Å². The minimum absolute atomic E-state index is 0.319. The van der Waals surface area contributed by atoms with Gasteiger partial charge in [0.15, 0.2) is 0 Å². The fraction of sp³-hybridized carbons (Fsp3) is 0.400. The molecule has 0 radical (unpaired) electrons. The topological polar surface area (TPSA) is 38.9 Å². The molecule has 2 nitrogen and oxygen atoms in total. The van der Waals surface area contributed by atoms with Crippen molar-refractivity contribution in [1.29, 1.82) is 0 Å². The second-order valence-electron chi connectivity index (χ2n) is 5.13. The highest BCUT2D eigenvalue weighted by Crippen LogP contribution is 2.31. The van der Waals surface area contributed by atoms with Gasteiger partial charge in [0, 0.05) is 10.9 Å². The molecule has 1 aromatic carbocycles. The number of rotatable bonds is 3. The Hall–Kier alpha value is -1.19. The predicted molar refractivity (Wildman–Crippen MR) is 78.9 cm³/mol. The monoisotopic (exact) mass is 260 g/mol. The van der Waals surface area contributed by atoms with Crippen LogP contribution in [0.5, 0.6) is 0 Å². The van der Waals surface area contributed by atoms with Gasteiger partial charge in [0.25, 0.3) is 0 Å². The Labute approximate surface area is 113 Å². The van der Waals surface area contributed by atoms with Crippen molar-refractivity contribution in [3.05, 3.63) is 39.7 Å². The molecule has 96 valence electrons. The van der Waals surface area contributed by atoms with Crippen LogP contribution in [0.2, 0.25) is 0 Å². The number of thiazole rings is 1. The molecule has 1 heterocycles. The van der Waals surface area contributed by atoms with Crippen molar-refractivity contribution in [1.82, 2.24) is 4.98 Å². The average molecular weight is 260 g/mol. The van der Waals surface area contributed by atoms with Crippen LogP contribution in [0.25, 0.3) is 11.3 Å². The molecule has 0 aliphatic heterocycles. The number of aromatic nitrogens is 1. The molecule has 0 aliphatic carbocycles. The van der Waals surface area contributed by atoms with E-state index in [4.69, 9.17) is 10.7 Å². The summed E-state index contributed by atoms with van der Waals surface area (Å²) < 4.78 is 0. The number of benzene rings is 1. The van der Waals surface area contributed by atoms with E-state index in [9.17, 15) is 0 Å². The van der Waals surface area contributed by atoms with Gasteiger partial charge in [-0.25, -0.2) is 4.98 Å². The lowest BCUT2D eigenvalue weighted by molar-refractivity contribution is 0.474. The Balaban J connectivity index is 2.44. The summed E-state index contributed by atoms with van der Waals surface area (Å²) >= 11 is 1.65. The van der Waals surface area contributed by atoms with Gasteiger partial charge in [-0.3, -0.25) is 0 Å². The third-order valence-corrected chi connectivity index (χ3v) is 4.52. The zero-order valence-electron chi connectivity index (χ0n) is 11.4. The van der Waals surface area contributed by atoms with Crippen molar-refractivity contribution in [2.24, 2.45) is 5.73 Å². The summed E-state index contributed by atoms with van der Waals surface area (Å²) in [6.45, 7) is 8.36. The summed E-state index contributed by atoms with van der Waals surface area (Å²) in [5.74, 6) is 0. The van der Waals surface area contributed by atoms with Gasteiger partial charge in [-0.2, -0.15) is 0 Å². The molecule has 18 heavy (non-hydrogen) atoms. The second kappa shape index (κ2) is 4.82. The molecule has 0 spiro atoms. The SMILES string of the molecule is CCC(C)(N)c1nc(-c2cc(C)ccc2C)cs1. The molecule has 0 amide bonds. The van der Waals surface area contributed by atoms with Crippen LogP contribution in [0, 0.1) is 13.8 Å². The van der Waals surface area contributed by atoms with Gasteiger partial charge >= 0.3 is 0 Å². The van der Waals surface area contributed by atoms with Crippen LogP contribution in [0.1, 0.15) is 36.4 Å². The van der Waals surface area contributed by atoms with E-state index in [-0.39, 0.29) is 5.54 Å². The standard InChI is InChI=1S/C15H20N2S/c1-5-15(4,16)14-17-13(9-18-14)12-8-10(2)6-7-11(12)3/h6-9H,5,16H2,1-4H3. The average Bonchev–Trinajstić information content (AvgIpc) is 2.82. The quantitative estimate of drug-likeness (QED) is 0.905. The molecule has 2 rings (SSSR count). The minimum Gasteiger partial charge on any atom is -0.320 e. The lowest BCUT2D eigenvalue weighted by Gasteiger charge is -2.19. The van der Waals surface area contributed by atoms with Crippen molar-refractivity contribution >= 4 is 11.3 Å². The summed E-state index contributed by atoms with van der Waals surface area (Å²) in [6.07, 6.45) is 0.896. The van der Waals surface area contributed by atoms with Gasteiger partial charge in [-0.15, -0.1) is 11.3 Å². The molecule has 0 fully saturated rings. The van der Waals surface area contributed by atoms with Crippen LogP contribution in [0.4, 0.5) is 0 Å². The molecule has 0 aliphatic rings. The molecule has 3 heteroatoms. The first-order valence-corrected chi connectivity index (χ1v) is 7.14. The molecular formula is C15H20N2S. The Morgan fingerprint density at radius 2 is 2.06 bits per heavy atom. The first-order valence-electron chi connectivity index (χ1n) is 6.26. The maximum atomic E-state index is 6.24. The summed E-state index contributed by atoms with van der Waals surface area (Å²) in [4.78, 5) is 4.72. The number of hydrogen-bond acceptors (Lipinski definition) is 3. The molecule has 1 unspecified atom stereocenters. The van der Waals surface area contributed by atoms with Gasteiger partial charge in [0.05, 0.1) is 11.2 Å². The highest BCUT2D eigenvalue weighted by Gasteiger charge is 2.23. The molecule has 1 atom stereocenters. The van der Waals surface area contributed by atoms with Gasteiger partial charge in [-0.05, 0) is 38.8 Å². The van der Waals surface area contributed by atoms with Crippen LogP contribution in [0.15, 0.2) is 23.6 Å². The molecule has 2 aromatic rings. The second-order valence-corrected chi connectivity index (χ2v) is 5.99. The zero-order valence-corrected chi connectivity index (χ0v) is 12.3. The lowest BCUT2D eigenvalue weighted by Crippen LogP contribution is -2.31. The van der Waals surface area contributed by atoms with Crippen molar-refractivity contribution in [2.75, 3.05) is 0 Å². The Bertz CT molecular complexity index is 555. The number of hydrogen-bond donors (Lipinski definition) is 1. The van der Waals surface area contributed by atoms with Crippen molar-refractivity contribution in [2.45, 2.75) is 39.7 Å². The number of nitrogens with two attached hydrogens (primary N) is 1. The summed E-state index contributed by atoms with van der Waals surface area (Å²) in [5, 5.41) is 3.12. The van der Waals surface area contributed by atoms with Gasteiger partial charge in [0.1, 0.15) is 5.01 Å². The molecule has 0 saturated heterocycles. The normalized spacial score (nSPS) is 14.5. The van der Waals surface area contributed by atoms with Crippen molar-refractivity contribution < 1.29 is 0 Å². The molecule has 0 saturated carbocycles. The Morgan fingerprint density at radius 1 is 1.33 bits per heavy atom. The minimum atomic E-state index is -0.319. The van der Waals surface area contributed by atoms with E-state index in [2.05, 4.69) is 44.4 Å². The van der Waals surface area contributed by atoms with E-state index in [1.54, 1.807) is 11.3 Å². The van der Waals surface area contributed by atoms with E-state index in [1.165, 1.54) is 16.7 Å². The van der Waals surface area contributed by atoms with Gasteiger partial charge in [-0.1, -0.05) is 24.6 Å². The van der Waals surface area contributed by atoms with Crippen molar-refractivity contribution in [3.8, 4) is 11.3 Å². The fourth-order valence-corrected chi connectivity index (χ4v) is 2.79. The zero-order chi connectivity index (χ0) is 13.3. The molecular weight excluding hydrogens is 240 g/mol. The van der Waals surface area contributed by atoms with Crippen LogP contribution in [0.3, 0.4) is 0 Å². The maximum Gasteiger partial charge on any atom is 0.113 e. The Kier molecular flexibility index (Phi) is 3.55. The van der Waals surface area contributed by atoms with Crippen LogP contribution >= 0.6 is 11.3 Å². The van der Waals surface area contributed by atoms with E-state index in [1.807, 2.05) is 6.92 Å². The van der Waals surface area contributed by atoms with Crippen LogP contribution < -0.4 is 5.73 Å². The van der Waals surface area contributed by atoms with Gasteiger partial charge < -0.3 is 5.73 Å². The van der Waals surface area contributed by atoms with E-state index in [0.717, 1.165) is 17.1 Å². The Morgan fingerprint density at radius 3 is 2.72 bits per heavy atom. The summed E-state index contributed by atoms with van der Waals surface area (Å²) in [7, 11) is 0. The predicted octanol–water partition coefficient (Wildman–Crippen LogP) is 4.01. The highest BCUT2D eigenvalue weighted by atomic mass is 32.1. The molecule has 1 aromatic heterocycles. The van der Waals surface area contributed by atoms with Crippen LogP contribution in [-0.4, -0.2) is 4.98 Å². The first kappa shape index (κ1) is 13.2. The maximum absolute atomic E-state index is 6.24. The smallest absolute Gasteiger partial charge is 0.113 e. The fourth-order valence-electron chi connectivity index (χ4n) is 1.82. The third kappa shape index (κ3) is 2.47. The third-order valence-electron chi connectivity index (χ3n) is 3.40. The lowest BCUT2D eigenvalue weighted by atomic mass is 10.0. The van der Waals surface area contributed by atoms with E-state index < -0.39 is 0 Å². The number of nitrogens with zero attached hydrogens (tertiary/aromatic N) is 1. The summed E-state index contributed by atoms with van der Waals surface area (Å²) in [6, 6.07) is 6.46. The van der Waals surface area contributed by atoms with Gasteiger partial charge in [0.2, 0.25) is 0 Å².